The molecule has 0 unspecified atom stereocenters. The molecule has 0 saturated carbocycles. The summed E-state index contributed by atoms with van der Waals surface area (Å²) in [6.45, 7) is 2.16. The molecule has 0 saturated heterocycles. The Kier molecular flexibility index (Phi) is 3.39. The van der Waals surface area contributed by atoms with Crippen molar-refractivity contribution in [1.82, 2.24) is 15.3 Å². The first-order chi connectivity index (χ1) is 8.70. The Morgan fingerprint density at radius 2 is 2.33 bits per heavy atom. The van der Waals surface area contributed by atoms with Crippen molar-refractivity contribution in [2.75, 3.05) is 0 Å². The summed E-state index contributed by atoms with van der Waals surface area (Å²) in [7, 11) is 0. The number of hydrogen-bond donors (Lipinski definition) is 2. The molecule has 18 heavy (non-hydrogen) atoms. The smallest absolute Gasteiger partial charge is 0.270 e. The summed E-state index contributed by atoms with van der Waals surface area (Å²) in [4.78, 5) is 18.8. The van der Waals surface area contributed by atoms with Gasteiger partial charge in [0.1, 0.15) is 11.8 Å². The monoisotopic (exact) mass is 240 g/mol. The van der Waals surface area contributed by atoms with E-state index in [1.807, 2.05) is 18.3 Å². The van der Waals surface area contributed by atoms with Crippen LogP contribution < -0.4 is 5.32 Å². The lowest BCUT2D eigenvalue weighted by Crippen LogP contribution is -2.23. The molecule has 90 valence electrons. The van der Waals surface area contributed by atoms with Crippen molar-refractivity contribution < 1.29 is 4.79 Å². The molecule has 2 heterocycles. The zero-order valence-electron chi connectivity index (χ0n) is 9.90. The number of H-pyrrole nitrogens is 1. The molecule has 2 N–H and O–H groups in total. The van der Waals surface area contributed by atoms with E-state index < -0.39 is 0 Å². The summed E-state index contributed by atoms with van der Waals surface area (Å²) in [6.07, 6.45) is 3.61. The van der Waals surface area contributed by atoms with E-state index in [0.717, 1.165) is 5.56 Å². The van der Waals surface area contributed by atoms with Gasteiger partial charge in [-0.05, 0) is 30.7 Å². The highest BCUT2D eigenvalue weighted by Crippen LogP contribution is 2.05. The minimum atomic E-state index is -0.246. The highest BCUT2D eigenvalue weighted by atomic mass is 16.1. The van der Waals surface area contributed by atoms with E-state index in [2.05, 4.69) is 15.3 Å². The second kappa shape index (κ2) is 5.15. The number of aromatic nitrogens is 2. The number of aromatic amines is 1. The predicted molar refractivity (Wildman–Crippen MR) is 65.7 cm³/mol. The summed E-state index contributed by atoms with van der Waals surface area (Å²) in [5.74, 6) is -0.246. The van der Waals surface area contributed by atoms with Crippen LogP contribution in [0.1, 0.15) is 27.3 Å². The van der Waals surface area contributed by atoms with Gasteiger partial charge in [-0.25, -0.2) is 4.98 Å². The maximum Gasteiger partial charge on any atom is 0.270 e. The first-order valence-corrected chi connectivity index (χ1v) is 5.48. The largest absolute Gasteiger partial charge is 0.367 e. The van der Waals surface area contributed by atoms with Crippen molar-refractivity contribution in [2.45, 2.75) is 13.5 Å². The zero-order valence-corrected chi connectivity index (χ0v) is 9.90. The Bertz CT molecular complexity index is 596. The van der Waals surface area contributed by atoms with Crippen molar-refractivity contribution in [1.29, 1.82) is 5.26 Å². The third kappa shape index (κ3) is 2.55. The highest BCUT2D eigenvalue weighted by molar-refractivity contribution is 5.92. The van der Waals surface area contributed by atoms with Crippen LogP contribution >= 0.6 is 0 Å². The van der Waals surface area contributed by atoms with Crippen molar-refractivity contribution in [3.63, 3.8) is 0 Å². The highest BCUT2D eigenvalue weighted by Gasteiger charge is 2.09. The standard InChI is InChI=1S/C13H12N4O/c1-9-11(6-14)2-3-12(17-9)13(18)16-8-10-4-5-15-7-10/h2-5,7,15H,8H2,1H3,(H,16,18). The quantitative estimate of drug-likeness (QED) is 0.853. The van der Waals surface area contributed by atoms with Crippen molar-refractivity contribution in [3.8, 4) is 6.07 Å². The Morgan fingerprint density at radius 3 is 2.94 bits per heavy atom. The molecule has 0 spiro atoms. The van der Waals surface area contributed by atoms with E-state index in [1.54, 1.807) is 25.3 Å². The van der Waals surface area contributed by atoms with Crippen LogP contribution in [0.2, 0.25) is 0 Å². The lowest BCUT2D eigenvalue weighted by Gasteiger charge is -2.04. The van der Waals surface area contributed by atoms with E-state index in [4.69, 9.17) is 5.26 Å². The number of nitrogens with zero attached hydrogens (tertiary/aromatic N) is 2. The minimum absolute atomic E-state index is 0.246. The Balaban J connectivity index is 2.05. The minimum Gasteiger partial charge on any atom is -0.367 e. The van der Waals surface area contributed by atoms with Crippen LogP contribution in [0.4, 0.5) is 0 Å². The topological polar surface area (TPSA) is 81.6 Å². The summed E-state index contributed by atoms with van der Waals surface area (Å²) in [5.41, 5.74) is 2.36. The molecule has 2 aromatic rings. The molecule has 0 fully saturated rings. The first-order valence-electron chi connectivity index (χ1n) is 5.48. The molecule has 1 amide bonds. The van der Waals surface area contributed by atoms with Gasteiger partial charge in [0.2, 0.25) is 0 Å². The normalized spacial score (nSPS) is 9.78. The van der Waals surface area contributed by atoms with E-state index >= 15 is 0 Å². The molecule has 0 bridgehead atoms. The van der Waals surface area contributed by atoms with Gasteiger partial charge < -0.3 is 10.3 Å². The van der Waals surface area contributed by atoms with Crippen LogP contribution in [-0.2, 0) is 6.54 Å². The zero-order chi connectivity index (χ0) is 13.0. The van der Waals surface area contributed by atoms with Gasteiger partial charge in [-0.3, -0.25) is 4.79 Å². The predicted octanol–water partition coefficient (Wildman–Crippen LogP) is 1.52. The molecule has 0 aliphatic carbocycles. The van der Waals surface area contributed by atoms with Crippen LogP contribution in [-0.4, -0.2) is 15.9 Å². The van der Waals surface area contributed by atoms with Crippen molar-refractivity contribution in [3.05, 3.63) is 53.1 Å². The third-order valence-electron chi connectivity index (χ3n) is 2.55. The van der Waals surface area contributed by atoms with Gasteiger partial charge in [0.25, 0.3) is 5.91 Å². The number of nitrogens with one attached hydrogen (secondary N) is 2. The molecular formula is C13H12N4O. The number of aryl methyl sites for hydroxylation is 1. The van der Waals surface area contributed by atoms with Crippen LogP contribution in [0.3, 0.4) is 0 Å². The number of pyridine rings is 1. The Hall–Kier alpha value is -2.61. The number of hydrogen-bond acceptors (Lipinski definition) is 3. The molecule has 5 heteroatoms. The molecule has 0 radical (unpaired) electrons. The van der Waals surface area contributed by atoms with E-state index in [-0.39, 0.29) is 5.91 Å². The van der Waals surface area contributed by atoms with Gasteiger partial charge in [0, 0.05) is 18.9 Å². The average molecular weight is 240 g/mol. The first kappa shape index (κ1) is 11.9. The van der Waals surface area contributed by atoms with Gasteiger partial charge in [-0.15, -0.1) is 0 Å². The molecule has 0 aliphatic rings. The molecule has 0 atom stereocenters. The second-order valence-corrected chi connectivity index (χ2v) is 3.84. The molecular weight excluding hydrogens is 228 g/mol. The number of rotatable bonds is 3. The third-order valence-corrected chi connectivity index (χ3v) is 2.55. The number of carbonyl (C=O) groups is 1. The van der Waals surface area contributed by atoms with Gasteiger partial charge in [0.15, 0.2) is 0 Å². The lowest BCUT2D eigenvalue weighted by molar-refractivity contribution is 0.0945. The molecule has 5 nitrogen and oxygen atoms in total. The Labute approximate surface area is 104 Å². The average Bonchev–Trinajstić information content (AvgIpc) is 2.89. The summed E-state index contributed by atoms with van der Waals surface area (Å²) >= 11 is 0. The van der Waals surface area contributed by atoms with Gasteiger partial charge in [-0.1, -0.05) is 0 Å². The second-order valence-electron chi connectivity index (χ2n) is 3.84. The van der Waals surface area contributed by atoms with Gasteiger partial charge >= 0.3 is 0 Å². The summed E-state index contributed by atoms with van der Waals surface area (Å²) < 4.78 is 0. The fourth-order valence-electron chi connectivity index (χ4n) is 1.55. The maximum absolute atomic E-state index is 11.8. The van der Waals surface area contributed by atoms with E-state index in [0.29, 0.717) is 23.5 Å². The number of nitriles is 1. The lowest BCUT2D eigenvalue weighted by atomic mass is 10.2. The molecule has 0 aliphatic heterocycles. The molecule has 2 aromatic heterocycles. The molecule has 2 rings (SSSR count). The fourth-order valence-corrected chi connectivity index (χ4v) is 1.55. The Morgan fingerprint density at radius 1 is 1.50 bits per heavy atom. The fraction of sp³-hybridized carbons (Fsp3) is 0.154. The SMILES string of the molecule is Cc1nc(C(=O)NCc2cc[nH]c2)ccc1C#N. The van der Waals surface area contributed by atoms with Crippen molar-refractivity contribution in [2.24, 2.45) is 0 Å². The number of amides is 1. The maximum atomic E-state index is 11.8. The van der Waals surface area contributed by atoms with Crippen LogP contribution in [0, 0.1) is 18.3 Å². The summed E-state index contributed by atoms with van der Waals surface area (Å²) in [6, 6.07) is 7.06. The van der Waals surface area contributed by atoms with Crippen molar-refractivity contribution >= 4 is 5.91 Å². The molecule has 0 aromatic carbocycles. The van der Waals surface area contributed by atoms with E-state index in [9.17, 15) is 4.79 Å². The van der Waals surface area contributed by atoms with Crippen LogP contribution in [0.5, 0.6) is 0 Å². The van der Waals surface area contributed by atoms with E-state index in [1.165, 1.54) is 0 Å². The number of carbonyl (C=O) groups excluding carboxylic acids is 1. The van der Waals surface area contributed by atoms with Crippen LogP contribution in [0.25, 0.3) is 0 Å². The van der Waals surface area contributed by atoms with Crippen LogP contribution in [0.15, 0.2) is 30.6 Å². The summed E-state index contributed by atoms with van der Waals surface area (Å²) in [5, 5.41) is 11.5. The van der Waals surface area contributed by atoms with Gasteiger partial charge in [0.05, 0.1) is 11.3 Å². The van der Waals surface area contributed by atoms with Gasteiger partial charge in [-0.2, -0.15) is 5.26 Å².